The van der Waals surface area contributed by atoms with Gasteiger partial charge in [-0.1, -0.05) is 19.1 Å². The quantitative estimate of drug-likeness (QED) is 0.802. The number of hydrogen-bond donors (Lipinski definition) is 1. The molecular formula is C13H22N2. The number of anilines is 1. The first-order valence-electron chi connectivity index (χ1n) is 5.83. The van der Waals surface area contributed by atoms with Gasteiger partial charge in [0.2, 0.25) is 0 Å². The monoisotopic (exact) mass is 206 g/mol. The first-order valence-corrected chi connectivity index (χ1v) is 5.83. The van der Waals surface area contributed by atoms with Crippen molar-refractivity contribution < 1.29 is 0 Å². The van der Waals surface area contributed by atoms with E-state index in [-0.39, 0.29) is 6.04 Å². The Hall–Kier alpha value is -1.02. The third-order valence-corrected chi connectivity index (χ3v) is 2.89. The van der Waals surface area contributed by atoms with Gasteiger partial charge in [0.15, 0.2) is 0 Å². The highest BCUT2D eigenvalue weighted by molar-refractivity contribution is 5.47. The summed E-state index contributed by atoms with van der Waals surface area (Å²) in [5.74, 6) is 0. The molecule has 0 heterocycles. The minimum absolute atomic E-state index is 0.177. The lowest BCUT2D eigenvalue weighted by Crippen LogP contribution is -2.21. The van der Waals surface area contributed by atoms with Crippen LogP contribution >= 0.6 is 0 Å². The van der Waals surface area contributed by atoms with E-state index in [1.807, 2.05) is 0 Å². The van der Waals surface area contributed by atoms with Crippen LogP contribution in [-0.2, 0) is 0 Å². The van der Waals surface area contributed by atoms with Crippen LogP contribution in [0.4, 0.5) is 5.69 Å². The average molecular weight is 206 g/mol. The molecule has 0 aliphatic heterocycles. The summed E-state index contributed by atoms with van der Waals surface area (Å²) in [6.07, 6.45) is 0.991. The molecular weight excluding hydrogens is 184 g/mol. The van der Waals surface area contributed by atoms with Crippen molar-refractivity contribution in [2.75, 3.05) is 18.0 Å². The van der Waals surface area contributed by atoms with Crippen molar-refractivity contribution in [2.45, 2.75) is 33.2 Å². The Labute approximate surface area is 93.1 Å². The van der Waals surface area contributed by atoms with E-state index in [0.717, 1.165) is 19.5 Å². The normalized spacial score (nSPS) is 12.5. The van der Waals surface area contributed by atoms with Crippen LogP contribution in [0.2, 0.25) is 0 Å². The molecule has 0 unspecified atom stereocenters. The van der Waals surface area contributed by atoms with Crippen LogP contribution in [0.5, 0.6) is 0 Å². The standard InChI is InChI=1S/C13H22N2/c1-4-13(14)11-7-9-12(10-8-11)15(5-2)6-3/h7-10,13H,4-6,14H2,1-3H3/t13-/m0/s1. The van der Waals surface area contributed by atoms with Crippen molar-refractivity contribution >= 4 is 5.69 Å². The van der Waals surface area contributed by atoms with Gasteiger partial charge >= 0.3 is 0 Å². The molecule has 0 bridgehead atoms. The Morgan fingerprint density at radius 1 is 1.07 bits per heavy atom. The molecule has 0 aliphatic rings. The summed E-state index contributed by atoms with van der Waals surface area (Å²) in [4.78, 5) is 2.33. The van der Waals surface area contributed by atoms with E-state index >= 15 is 0 Å². The zero-order valence-electron chi connectivity index (χ0n) is 10.0. The Morgan fingerprint density at radius 2 is 1.60 bits per heavy atom. The number of nitrogens with zero attached hydrogens (tertiary/aromatic N) is 1. The van der Waals surface area contributed by atoms with Gasteiger partial charge in [0.1, 0.15) is 0 Å². The summed E-state index contributed by atoms with van der Waals surface area (Å²) in [6.45, 7) is 8.57. The molecule has 84 valence electrons. The summed E-state index contributed by atoms with van der Waals surface area (Å²) in [5.41, 5.74) is 8.49. The summed E-state index contributed by atoms with van der Waals surface area (Å²) < 4.78 is 0. The van der Waals surface area contributed by atoms with Crippen LogP contribution < -0.4 is 10.6 Å². The molecule has 0 saturated carbocycles. The van der Waals surface area contributed by atoms with E-state index in [2.05, 4.69) is 49.9 Å². The SMILES string of the molecule is CC[C@H](N)c1ccc(N(CC)CC)cc1. The Balaban J connectivity index is 2.79. The molecule has 1 aromatic carbocycles. The van der Waals surface area contributed by atoms with E-state index in [0.29, 0.717) is 0 Å². The molecule has 0 aliphatic carbocycles. The number of rotatable bonds is 5. The lowest BCUT2D eigenvalue weighted by atomic mass is 10.1. The van der Waals surface area contributed by atoms with Crippen LogP contribution in [0.1, 0.15) is 38.8 Å². The van der Waals surface area contributed by atoms with Crippen LogP contribution in [0.3, 0.4) is 0 Å². The van der Waals surface area contributed by atoms with Gasteiger partial charge in [0.25, 0.3) is 0 Å². The molecule has 0 fully saturated rings. The minimum Gasteiger partial charge on any atom is -0.372 e. The first-order chi connectivity index (χ1) is 7.22. The fourth-order valence-electron chi connectivity index (χ4n) is 1.76. The zero-order valence-corrected chi connectivity index (χ0v) is 10.0. The van der Waals surface area contributed by atoms with Gasteiger partial charge in [-0.25, -0.2) is 0 Å². The maximum Gasteiger partial charge on any atom is 0.0366 e. The van der Waals surface area contributed by atoms with Crippen molar-refractivity contribution in [3.05, 3.63) is 29.8 Å². The molecule has 2 nitrogen and oxygen atoms in total. The molecule has 0 aromatic heterocycles. The van der Waals surface area contributed by atoms with Crippen molar-refractivity contribution in [2.24, 2.45) is 5.73 Å². The molecule has 0 amide bonds. The molecule has 2 heteroatoms. The van der Waals surface area contributed by atoms with E-state index in [4.69, 9.17) is 5.73 Å². The lowest BCUT2D eigenvalue weighted by Gasteiger charge is -2.21. The maximum atomic E-state index is 5.97. The van der Waals surface area contributed by atoms with Gasteiger partial charge < -0.3 is 10.6 Å². The van der Waals surface area contributed by atoms with E-state index in [1.165, 1.54) is 11.3 Å². The van der Waals surface area contributed by atoms with Crippen molar-refractivity contribution in [3.63, 3.8) is 0 Å². The molecule has 0 saturated heterocycles. The second-order valence-corrected chi connectivity index (χ2v) is 3.78. The van der Waals surface area contributed by atoms with Crippen molar-refractivity contribution in [1.82, 2.24) is 0 Å². The molecule has 2 N–H and O–H groups in total. The van der Waals surface area contributed by atoms with Gasteiger partial charge in [-0.15, -0.1) is 0 Å². The van der Waals surface area contributed by atoms with E-state index < -0.39 is 0 Å². The first kappa shape index (κ1) is 12.1. The number of benzene rings is 1. The molecule has 0 spiro atoms. The predicted octanol–water partition coefficient (Wildman–Crippen LogP) is 2.94. The van der Waals surface area contributed by atoms with E-state index in [9.17, 15) is 0 Å². The Kier molecular flexibility index (Phi) is 4.63. The van der Waals surface area contributed by atoms with Gasteiger partial charge in [-0.05, 0) is 38.0 Å². The van der Waals surface area contributed by atoms with Crippen molar-refractivity contribution in [3.8, 4) is 0 Å². The molecule has 1 aromatic rings. The average Bonchev–Trinajstić information content (AvgIpc) is 2.30. The summed E-state index contributed by atoms with van der Waals surface area (Å²) in [5, 5.41) is 0. The number of hydrogen-bond acceptors (Lipinski definition) is 2. The summed E-state index contributed by atoms with van der Waals surface area (Å²) in [7, 11) is 0. The zero-order chi connectivity index (χ0) is 11.3. The highest BCUT2D eigenvalue weighted by atomic mass is 15.1. The van der Waals surface area contributed by atoms with Crippen molar-refractivity contribution in [1.29, 1.82) is 0 Å². The van der Waals surface area contributed by atoms with E-state index in [1.54, 1.807) is 0 Å². The van der Waals surface area contributed by atoms with Gasteiger partial charge in [0, 0.05) is 24.8 Å². The highest BCUT2D eigenvalue weighted by Crippen LogP contribution is 2.19. The van der Waals surface area contributed by atoms with Gasteiger partial charge in [-0.3, -0.25) is 0 Å². The van der Waals surface area contributed by atoms with Crippen LogP contribution in [-0.4, -0.2) is 13.1 Å². The molecule has 15 heavy (non-hydrogen) atoms. The third kappa shape index (κ3) is 2.96. The largest absolute Gasteiger partial charge is 0.372 e. The second-order valence-electron chi connectivity index (χ2n) is 3.78. The fraction of sp³-hybridized carbons (Fsp3) is 0.538. The topological polar surface area (TPSA) is 29.3 Å². The maximum absolute atomic E-state index is 5.97. The molecule has 1 rings (SSSR count). The van der Waals surface area contributed by atoms with Crippen LogP contribution in [0, 0.1) is 0 Å². The predicted molar refractivity (Wildman–Crippen MR) is 67.2 cm³/mol. The van der Waals surface area contributed by atoms with Gasteiger partial charge in [0.05, 0.1) is 0 Å². The second kappa shape index (κ2) is 5.76. The lowest BCUT2D eigenvalue weighted by molar-refractivity contribution is 0.698. The molecule has 0 radical (unpaired) electrons. The van der Waals surface area contributed by atoms with Gasteiger partial charge in [-0.2, -0.15) is 0 Å². The molecule has 1 atom stereocenters. The number of nitrogens with two attached hydrogens (primary N) is 1. The highest BCUT2D eigenvalue weighted by Gasteiger charge is 2.04. The fourth-order valence-corrected chi connectivity index (χ4v) is 1.76. The Morgan fingerprint density at radius 3 is 2.00 bits per heavy atom. The Bertz CT molecular complexity index is 275. The minimum atomic E-state index is 0.177. The third-order valence-electron chi connectivity index (χ3n) is 2.89. The van der Waals surface area contributed by atoms with Crippen LogP contribution in [0.15, 0.2) is 24.3 Å². The smallest absolute Gasteiger partial charge is 0.0366 e. The summed E-state index contributed by atoms with van der Waals surface area (Å²) >= 11 is 0. The summed E-state index contributed by atoms with van der Waals surface area (Å²) in [6, 6.07) is 8.79. The van der Waals surface area contributed by atoms with Crippen LogP contribution in [0.25, 0.3) is 0 Å².